The SMILES string of the molecule is CCOC(=O)c1cc(C#N)c(SCC(=O)Nc2ccccc2[N+](=O)[O-])nc1C. The van der Waals surface area contributed by atoms with Gasteiger partial charge in [0.05, 0.1) is 34.1 Å². The van der Waals surface area contributed by atoms with Crippen LogP contribution in [0.15, 0.2) is 35.4 Å². The number of nitro groups is 1. The van der Waals surface area contributed by atoms with Crippen LogP contribution >= 0.6 is 11.8 Å². The van der Waals surface area contributed by atoms with E-state index in [-0.39, 0.29) is 39.9 Å². The lowest BCUT2D eigenvalue weighted by molar-refractivity contribution is -0.383. The molecule has 0 radical (unpaired) electrons. The highest BCUT2D eigenvalue weighted by atomic mass is 32.2. The van der Waals surface area contributed by atoms with Crippen LogP contribution in [0.5, 0.6) is 0 Å². The summed E-state index contributed by atoms with van der Waals surface area (Å²) in [5.74, 6) is -1.18. The van der Waals surface area contributed by atoms with E-state index in [1.165, 1.54) is 24.3 Å². The lowest BCUT2D eigenvalue weighted by Crippen LogP contribution is -2.15. The van der Waals surface area contributed by atoms with Crippen molar-refractivity contribution in [2.24, 2.45) is 0 Å². The zero-order valence-corrected chi connectivity index (χ0v) is 15.9. The van der Waals surface area contributed by atoms with E-state index < -0.39 is 16.8 Å². The molecular weight excluding hydrogens is 384 g/mol. The highest BCUT2D eigenvalue weighted by molar-refractivity contribution is 8.00. The van der Waals surface area contributed by atoms with Crippen molar-refractivity contribution in [1.82, 2.24) is 4.98 Å². The van der Waals surface area contributed by atoms with Gasteiger partial charge in [0.15, 0.2) is 0 Å². The molecule has 1 heterocycles. The van der Waals surface area contributed by atoms with Gasteiger partial charge in [-0.05, 0) is 26.0 Å². The van der Waals surface area contributed by atoms with Gasteiger partial charge >= 0.3 is 5.97 Å². The summed E-state index contributed by atoms with van der Waals surface area (Å²) in [4.78, 5) is 38.7. The number of rotatable bonds is 7. The normalized spacial score (nSPS) is 10.0. The van der Waals surface area contributed by atoms with E-state index in [0.717, 1.165) is 11.8 Å². The lowest BCUT2D eigenvalue weighted by Gasteiger charge is -2.09. The van der Waals surface area contributed by atoms with Crippen molar-refractivity contribution in [3.8, 4) is 6.07 Å². The highest BCUT2D eigenvalue weighted by Gasteiger charge is 2.18. The van der Waals surface area contributed by atoms with E-state index in [2.05, 4.69) is 10.3 Å². The van der Waals surface area contributed by atoms with Crippen molar-refractivity contribution in [3.63, 3.8) is 0 Å². The molecule has 2 aromatic rings. The second-order valence-corrected chi connectivity index (χ2v) is 6.38. The summed E-state index contributed by atoms with van der Waals surface area (Å²) < 4.78 is 4.93. The Morgan fingerprint density at radius 1 is 1.39 bits per heavy atom. The second kappa shape index (κ2) is 9.48. The predicted octanol–water partition coefficient (Wildman–Crippen LogP) is 3.08. The summed E-state index contributed by atoms with van der Waals surface area (Å²) in [7, 11) is 0. The summed E-state index contributed by atoms with van der Waals surface area (Å²) in [5.41, 5.74) is 0.565. The maximum absolute atomic E-state index is 12.2. The molecule has 0 bridgehead atoms. The fraction of sp³-hybridized carbons (Fsp3) is 0.222. The molecule has 0 atom stereocenters. The van der Waals surface area contributed by atoms with Gasteiger partial charge in [0, 0.05) is 6.07 Å². The molecule has 0 aliphatic heterocycles. The van der Waals surface area contributed by atoms with Crippen LogP contribution in [0.1, 0.15) is 28.5 Å². The molecule has 28 heavy (non-hydrogen) atoms. The monoisotopic (exact) mass is 400 g/mol. The molecule has 0 aliphatic rings. The zero-order chi connectivity index (χ0) is 20.7. The van der Waals surface area contributed by atoms with E-state index in [1.807, 2.05) is 6.07 Å². The molecule has 10 heteroatoms. The number of esters is 1. The third-order valence-corrected chi connectivity index (χ3v) is 4.50. The average molecular weight is 400 g/mol. The predicted molar refractivity (Wildman–Crippen MR) is 102 cm³/mol. The average Bonchev–Trinajstić information content (AvgIpc) is 2.66. The van der Waals surface area contributed by atoms with Crippen LogP contribution in [0, 0.1) is 28.4 Å². The minimum absolute atomic E-state index is 0.0837. The summed E-state index contributed by atoms with van der Waals surface area (Å²) in [5, 5.41) is 23.1. The van der Waals surface area contributed by atoms with Crippen LogP contribution in [-0.4, -0.2) is 34.1 Å². The largest absolute Gasteiger partial charge is 0.462 e. The number of hydrogen-bond acceptors (Lipinski definition) is 8. The molecule has 2 rings (SSSR count). The number of pyridine rings is 1. The van der Waals surface area contributed by atoms with E-state index >= 15 is 0 Å². The number of amides is 1. The number of nitrogens with one attached hydrogen (secondary N) is 1. The van der Waals surface area contributed by atoms with Gasteiger partial charge in [-0.2, -0.15) is 5.26 Å². The van der Waals surface area contributed by atoms with E-state index in [1.54, 1.807) is 19.9 Å². The Labute approximate surface area is 164 Å². The Balaban J connectivity index is 2.13. The Bertz CT molecular complexity index is 971. The smallest absolute Gasteiger partial charge is 0.340 e. The maximum Gasteiger partial charge on any atom is 0.340 e. The molecule has 1 aromatic carbocycles. The number of carbonyl (C=O) groups is 2. The number of ether oxygens (including phenoxy) is 1. The summed E-state index contributed by atoms with van der Waals surface area (Å²) in [6, 6.07) is 9.11. The van der Waals surface area contributed by atoms with Crippen LogP contribution < -0.4 is 5.32 Å². The fourth-order valence-corrected chi connectivity index (χ4v) is 3.05. The first-order valence-electron chi connectivity index (χ1n) is 8.12. The van der Waals surface area contributed by atoms with Crippen LogP contribution in [0.25, 0.3) is 0 Å². The lowest BCUT2D eigenvalue weighted by atomic mass is 10.1. The van der Waals surface area contributed by atoms with Gasteiger partial charge in [-0.25, -0.2) is 9.78 Å². The molecular formula is C18H16N4O5S. The molecule has 1 N–H and O–H groups in total. The van der Waals surface area contributed by atoms with Crippen LogP contribution in [-0.2, 0) is 9.53 Å². The van der Waals surface area contributed by atoms with Gasteiger partial charge in [0.2, 0.25) is 5.91 Å². The van der Waals surface area contributed by atoms with E-state index in [4.69, 9.17) is 4.74 Å². The maximum atomic E-state index is 12.2. The summed E-state index contributed by atoms with van der Waals surface area (Å²) in [6.07, 6.45) is 0. The number of nitriles is 1. The van der Waals surface area contributed by atoms with Crippen LogP contribution in [0.3, 0.4) is 0 Å². The van der Waals surface area contributed by atoms with Crippen molar-refractivity contribution in [2.75, 3.05) is 17.7 Å². The molecule has 0 fully saturated rings. The van der Waals surface area contributed by atoms with E-state index in [9.17, 15) is 25.0 Å². The van der Waals surface area contributed by atoms with E-state index in [0.29, 0.717) is 5.69 Å². The van der Waals surface area contributed by atoms with Crippen molar-refractivity contribution >= 4 is 35.0 Å². The Morgan fingerprint density at radius 3 is 2.75 bits per heavy atom. The molecule has 1 amide bonds. The number of aromatic nitrogens is 1. The topological polar surface area (TPSA) is 135 Å². The van der Waals surface area contributed by atoms with Gasteiger partial charge in [-0.3, -0.25) is 14.9 Å². The number of anilines is 1. The van der Waals surface area contributed by atoms with Gasteiger partial charge in [-0.1, -0.05) is 23.9 Å². The number of nitrogens with zero attached hydrogens (tertiary/aromatic N) is 3. The molecule has 0 unspecified atom stereocenters. The zero-order valence-electron chi connectivity index (χ0n) is 15.1. The third-order valence-electron chi connectivity index (χ3n) is 3.51. The Morgan fingerprint density at radius 2 is 2.11 bits per heavy atom. The van der Waals surface area contributed by atoms with Crippen molar-refractivity contribution < 1.29 is 19.2 Å². The number of thioether (sulfide) groups is 1. The number of aryl methyl sites for hydroxylation is 1. The van der Waals surface area contributed by atoms with Crippen LogP contribution in [0.2, 0.25) is 0 Å². The number of carbonyl (C=O) groups excluding carboxylic acids is 2. The second-order valence-electron chi connectivity index (χ2n) is 5.42. The van der Waals surface area contributed by atoms with Crippen molar-refractivity contribution in [3.05, 3.63) is 57.3 Å². The van der Waals surface area contributed by atoms with Gasteiger partial charge in [0.25, 0.3) is 5.69 Å². The quantitative estimate of drug-likeness (QED) is 0.324. The molecule has 0 spiro atoms. The first-order chi connectivity index (χ1) is 13.4. The van der Waals surface area contributed by atoms with Gasteiger partial charge in [-0.15, -0.1) is 0 Å². The molecule has 0 saturated carbocycles. The highest BCUT2D eigenvalue weighted by Crippen LogP contribution is 2.26. The molecule has 1 aromatic heterocycles. The third kappa shape index (κ3) is 5.05. The first kappa shape index (κ1) is 20.9. The minimum atomic E-state index is -0.588. The molecule has 0 aliphatic carbocycles. The van der Waals surface area contributed by atoms with Crippen molar-refractivity contribution in [2.45, 2.75) is 18.9 Å². The molecule has 0 saturated heterocycles. The summed E-state index contributed by atoms with van der Waals surface area (Å²) in [6.45, 7) is 3.47. The fourth-order valence-electron chi connectivity index (χ4n) is 2.25. The minimum Gasteiger partial charge on any atom is -0.462 e. The number of benzene rings is 1. The standard InChI is InChI=1S/C18H16N4O5S/c1-3-27-18(24)13-8-12(9-19)17(20-11(13)2)28-10-16(23)21-14-6-4-5-7-15(14)22(25)26/h4-8H,3,10H2,1-2H3,(H,21,23). The number of hydrogen-bond donors (Lipinski definition) is 1. The number of para-hydroxylation sites is 2. The first-order valence-corrected chi connectivity index (χ1v) is 9.10. The molecule has 9 nitrogen and oxygen atoms in total. The van der Waals surface area contributed by atoms with Gasteiger partial charge < -0.3 is 10.1 Å². The van der Waals surface area contributed by atoms with Crippen LogP contribution in [0.4, 0.5) is 11.4 Å². The summed E-state index contributed by atoms with van der Waals surface area (Å²) >= 11 is 0.994. The van der Waals surface area contributed by atoms with Crippen molar-refractivity contribution in [1.29, 1.82) is 5.26 Å². The Hall–Kier alpha value is -3.45. The Kier molecular flexibility index (Phi) is 7.06. The van der Waals surface area contributed by atoms with Gasteiger partial charge in [0.1, 0.15) is 16.8 Å². The molecule has 144 valence electrons. The number of nitro benzene ring substituents is 1.